The van der Waals surface area contributed by atoms with E-state index in [0.717, 1.165) is 0 Å². The average Bonchev–Trinajstić information content (AvgIpc) is 2.57. The van der Waals surface area contributed by atoms with E-state index in [1.54, 1.807) is 12.1 Å². The summed E-state index contributed by atoms with van der Waals surface area (Å²) in [5, 5.41) is 0. The molecule has 0 radical (unpaired) electrons. The van der Waals surface area contributed by atoms with Crippen molar-refractivity contribution in [2.75, 3.05) is 10.9 Å². The van der Waals surface area contributed by atoms with E-state index in [1.807, 2.05) is 0 Å². The Morgan fingerprint density at radius 1 is 0.778 bits per heavy atom. The predicted molar refractivity (Wildman–Crippen MR) is 115 cm³/mol. The first kappa shape index (κ1) is 22.7. The Kier molecular flexibility index (Phi) is 8.19. The molecule has 2 aromatic rings. The van der Waals surface area contributed by atoms with Crippen molar-refractivity contribution in [3.63, 3.8) is 0 Å². The van der Waals surface area contributed by atoms with Gasteiger partial charge in [-0.05, 0) is 0 Å². The molecule has 0 N–H and O–H groups in total. The van der Waals surface area contributed by atoms with Crippen LogP contribution >= 0.6 is 31.9 Å². The van der Waals surface area contributed by atoms with Gasteiger partial charge < -0.3 is 0 Å². The summed E-state index contributed by atoms with van der Waals surface area (Å²) in [6, 6.07) is 8.88. The van der Waals surface area contributed by atoms with Gasteiger partial charge in [-0.2, -0.15) is 0 Å². The van der Waals surface area contributed by atoms with Crippen LogP contribution in [0.1, 0.15) is 27.7 Å². The SMILES string of the molecule is C[CH](C)[Ge]([CH2]Oc1ccc(F)cc1Br)([CH2]Oc1ccc(F)cc1Br)[CH](C)C. The maximum absolute atomic E-state index is 13.3. The molecule has 0 bridgehead atoms. The molecule has 0 amide bonds. The van der Waals surface area contributed by atoms with Crippen molar-refractivity contribution in [2.24, 2.45) is 0 Å². The zero-order chi connectivity index (χ0) is 20.2. The molecule has 0 fully saturated rings. The Labute approximate surface area is 179 Å². The first-order valence-electron chi connectivity index (χ1n) is 8.81. The minimum atomic E-state index is -2.68. The Hall–Kier alpha value is -0.597. The number of hydrogen-bond acceptors (Lipinski definition) is 2. The van der Waals surface area contributed by atoms with E-state index < -0.39 is 13.3 Å². The topological polar surface area (TPSA) is 18.5 Å². The van der Waals surface area contributed by atoms with Crippen molar-refractivity contribution < 1.29 is 18.3 Å². The van der Waals surface area contributed by atoms with Crippen LogP contribution in [0.4, 0.5) is 8.78 Å². The average molecular weight is 567 g/mol. The molecule has 0 aliphatic rings. The molecular weight excluding hydrogens is 543 g/mol. The summed E-state index contributed by atoms with van der Waals surface area (Å²) in [4.78, 5) is 0. The Bertz CT molecular complexity index is 719. The molecule has 0 aliphatic carbocycles. The third-order valence-corrected chi connectivity index (χ3v) is 18.8. The van der Waals surface area contributed by atoms with E-state index in [2.05, 4.69) is 59.6 Å². The van der Waals surface area contributed by atoms with E-state index >= 15 is 0 Å². The molecule has 0 spiro atoms. The van der Waals surface area contributed by atoms with Crippen LogP contribution in [0.25, 0.3) is 0 Å². The molecule has 0 heterocycles. The van der Waals surface area contributed by atoms with Crippen molar-refractivity contribution in [1.29, 1.82) is 0 Å². The van der Waals surface area contributed by atoms with Gasteiger partial charge in [-0.15, -0.1) is 0 Å². The molecule has 0 aromatic heterocycles. The standard InChI is InChI=1S/C20H24Br2F2GeO2/c1-13(2)25(14(3)4,11-26-19-7-5-15(23)9-17(19)21)12-27-20-8-6-16(24)10-18(20)22/h5-10,13-14H,11-12H2,1-4H3. The summed E-state index contributed by atoms with van der Waals surface area (Å²) in [5.41, 5.74) is 1.19. The second-order valence-electron chi connectivity index (χ2n) is 7.27. The van der Waals surface area contributed by atoms with Crippen LogP contribution in [0.5, 0.6) is 11.5 Å². The molecule has 2 rings (SSSR count). The quantitative estimate of drug-likeness (QED) is 0.312. The van der Waals surface area contributed by atoms with E-state index in [0.29, 0.717) is 40.8 Å². The van der Waals surface area contributed by atoms with Gasteiger partial charge in [-0.3, -0.25) is 0 Å². The number of halogens is 4. The van der Waals surface area contributed by atoms with Gasteiger partial charge in [0.05, 0.1) is 0 Å². The van der Waals surface area contributed by atoms with Crippen LogP contribution in [0.15, 0.2) is 45.3 Å². The Balaban J connectivity index is 2.21. The van der Waals surface area contributed by atoms with Gasteiger partial charge in [0.25, 0.3) is 0 Å². The summed E-state index contributed by atoms with van der Waals surface area (Å²) in [6.45, 7) is 8.86. The molecule has 0 aliphatic heterocycles. The first-order valence-corrected chi connectivity index (χ1v) is 15.8. The summed E-state index contributed by atoms with van der Waals surface area (Å²) >= 11 is 4.04. The van der Waals surface area contributed by atoms with Gasteiger partial charge in [-0.1, -0.05) is 0 Å². The van der Waals surface area contributed by atoms with Crippen LogP contribution in [0, 0.1) is 11.6 Å². The summed E-state index contributed by atoms with van der Waals surface area (Å²) in [6.07, 6.45) is 0. The maximum atomic E-state index is 13.3. The predicted octanol–water partition coefficient (Wildman–Crippen LogP) is 7.29. The second-order valence-corrected chi connectivity index (χ2v) is 20.2. The Morgan fingerprint density at radius 2 is 1.15 bits per heavy atom. The van der Waals surface area contributed by atoms with Crippen LogP contribution < -0.4 is 9.47 Å². The number of hydrogen-bond donors (Lipinski definition) is 0. The number of ether oxygens (including phenoxy) is 2. The van der Waals surface area contributed by atoms with Crippen LogP contribution in [-0.2, 0) is 0 Å². The molecule has 0 saturated heterocycles. The van der Waals surface area contributed by atoms with Crippen molar-refractivity contribution in [1.82, 2.24) is 0 Å². The van der Waals surface area contributed by atoms with Gasteiger partial charge >= 0.3 is 180 Å². The van der Waals surface area contributed by atoms with Gasteiger partial charge in [-0.25, -0.2) is 0 Å². The molecule has 2 aromatic carbocycles. The molecule has 0 unspecified atom stereocenters. The molecule has 0 atom stereocenters. The first-order chi connectivity index (χ1) is 12.7. The van der Waals surface area contributed by atoms with Crippen LogP contribution in [0.2, 0.25) is 9.50 Å². The van der Waals surface area contributed by atoms with Gasteiger partial charge in [0.1, 0.15) is 0 Å². The molecule has 0 saturated carbocycles. The van der Waals surface area contributed by atoms with E-state index in [1.165, 1.54) is 24.3 Å². The minimum absolute atomic E-state index is 0.306. The van der Waals surface area contributed by atoms with Crippen molar-refractivity contribution in [3.8, 4) is 11.5 Å². The number of benzene rings is 2. The zero-order valence-corrected chi connectivity index (χ0v) is 21.1. The monoisotopic (exact) mass is 566 g/mol. The van der Waals surface area contributed by atoms with E-state index in [-0.39, 0.29) is 11.6 Å². The Morgan fingerprint density at radius 3 is 1.44 bits per heavy atom. The van der Waals surface area contributed by atoms with E-state index in [4.69, 9.17) is 9.47 Å². The second kappa shape index (κ2) is 9.74. The zero-order valence-electron chi connectivity index (χ0n) is 15.9. The van der Waals surface area contributed by atoms with Gasteiger partial charge in [0.2, 0.25) is 0 Å². The third kappa shape index (κ3) is 5.70. The third-order valence-electron chi connectivity index (χ3n) is 5.08. The van der Waals surface area contributed by atoms with Crippen molar-refractivity contribution in [2.45, 2.75) is 37.2 Å². The molecular formula is C20H24Br2F2GeO2. The van der Waals surface area contributed by atoms with Crippen molar-refractivity contribution >= 4 is 45.1 Å². The van der Waals surface area contributed by atoms with Crippen LogP contribution in [-0.4, -0.2) is 24.1 Å². The molecule has 7 heteroatoms. The summed E-state index contributed by atoms with van der Waals surface area (Å²) < 4.78 is 41.0. The fourth-order valence-electron chi connectivity index (χ4n) is 2.98. The fourth-order valence-corrected chi connectivity index (χ4v) is 11.5. The molecule has 148 valence electrons. The van der Waals surface area contributed by atoms with E-state index in [9.17, 15) is 8.78 Å². The normalized spacial score (nSPS) is 11.9. The van der Waals surface area contributed by atoms with Gasteiger partial charge in [0, 0.05) is 0 Å². The number of rotatable bonds is 8. The van der Waals surface area contributed by atoms with Crippen LogP contribution in [0.3, 0.4) is 0 Å². The summed E-state index contributed by atoms with van der Waals surface area (Å²) in [5.74, 6) is 0.657. The van der Waals surface area contributed by atoms with Crippen molar-refractivity contribution in [3.05, 3.63) is 57.0 Å². The fraction of sp³-hybridized carbons (Fsp3) is 0.400. The molecule has 27 heavy (non-hydrogen) atoms. The molecule has 2 nitrogen and oxygen atoms in total. The van der Waals surface area contributed by atoms with Gasteiger partial charge in [0.15, 0.2) is 0 Å². The summed E-state index contributed by atoms with van der Waals surface area (Å²) in [7, 11) is 0.